The molecule has 1 aromatic carbocycles. The molecule has 0 atom stereocenters. The monoisotopic (exact) mass is 280 g/mol. The Morgan fingerprint density at radius 3 is 2.26 bits per heavy atom. The lowest BCUT2D eigenvalue weighted by Gasteiger charge is -2.36. The second kappa shape index (κ2) is 5.37. The van der Waals surface area contributed by atoms with Crippen LogP contribution in [0.2, 0.25) is 18.1 Å². The molecule has 0 amide bonds. The van der Waals surface area contributed by atoms with Gasteiger partial charge in [-0.25, -0.2) is 4.79 Å². The maximum Gasteiger partial charge on any atom is 0.341 e. The first kappa shape index (κ1) is 15.8. The average Bonchev–Trinajstić information content (AvgIpc) is 2.28. The molecule has 0 bridgehead atoms. The van der Waals surface area contributed by atoms with Crippen LogP contribution in [-0.4, -0.2) is 21.4 Å². The number of aryl methyl sites for hydroxylation is 1. The molecule has 0 aliphatic rings. The molecule has 0 heterocycles. The van der Waals surface area contributed by atoms with Gasteiger partial charge in [-0.05, 0) is 37.2 Å². The number of benzene rings is 1. The molecule has 0 aromatic heterocycles. The van der Waals surface area contributed by atoms with Crippen LogP contribution in [0.5, 0.6) is 5.75 Å². The van der Waals surface area contributed by atoms with E-state index < -0.39 is 8.32 Å². The SMILES string of the molecule is COC(=O)c1cc(C)ccc1O[Si](C)(C)C(C)(C)C. The fraction of sp³-hybridized carbons (Fsp3) is 0.533. The van der Waals surface area contributed by atoms with E-state index in [-0.39, 0.29) is 11.0 Å². The minimum Gasteiger partial charge on any atom is -0.543 e. The molecule has 0 N–H and O–H groups in total. The average molecular weight is 280 g/mol. The minimum atomic E-state index is -1.96. The molecular weight excluding hydrogens is 256 g/mol. The zero-order chi connectivity index (χ0) is 14.8. The van der Waals surface area contributed by atoms with Gasteiger partial charge >= 0.3 is 5.97 Å². The summed E-state index contributed by atoms with van der Waals surface area (Å²) in [5.41, 5.74) is 1.52. The molecule has 0 aliphatic carbocycles. The highest BCUT2D eigenvalue weighted by Crippen LogP contribution is 2.38. The van der Waals surface area contributed by atoms with E-state index in [9.17, 15) is 4.79 Å². The van der Waals surface area contributed by atoms with Gasteiger partial charge in [0, 0.05) is 0 Å². The summed E-state index contributed by atoms with van der Waals surface area (Å²) < 4.78 is 11.0. The molecule has 0 spiro atoms. The van der Waals surface area contributed by atoms with Gasteiger partial charge in [0.25, 0.3) is 8.32 Å². The summed E-state index contributed by atoms with van der Waals surface area (Å²) in [6.45, 7) is 12.8. The van der Waals surface area contributed by atoms with Gasteiger partial charge in [0.1, 0.15) is 11.3 Å². The fourth-order valence-electron chi connectivity index (χ4n) is 1.43. The number of esters is 1. The van der Waals surface area contributed by atoms with Crippen molar-refractivity contribution in [1.82, 2.24) is 0 Å². The van der Waals surface area contributed by atoms with Gasteiger partial charge in [-0.1, -0.05) is 32.4 Å². The van der Waals surface area contributed by atoms with E-state index in [4.69, 9.17) is 9.16 Å². The molecule has 0 saturated carbocycles. The minimum absolute atomic E-state index is 0.0886. The Kier molecular flexibility index (Phi) is 4.45. The van der Waals surface area contributed by atoms with Crippen LogP contribution in [-0.2, 0) is 4.74 Å². The van der Waals surface area contributed by atoms with Crippen LogP contribution >= 0.6 is 0 Å². The van der Waals surface area contributed by atoms with Crippen molar-refractivity contribution in [3.8, 4) is 5.75 Å². The van der Waals surface area contributed by atoms with Gasteiger partial charge in [0.15, 0.2) is 0 Å². The van der Waals surface area contributed by atoms with Gasteiger partial charge in [0.05, 0.1) is 7.11 Å². The first-order chi connectivity index (χ1) is 8.58. The number of ether oxygens (including phenoxy) is 1. The lowest BCUT2D eigenvalue weighted by atomic mass is 10.1. The summed E-state index contributed by atoms with van der Waals surface area (Å²) in [5.74, 6) is 0.279. The van der Waals surface area contributed by atoms with Gasteiger partial charge < -0.3 is 9.16 Å². The molecular formula is C15H24O3Si. The van der Waals surface area contributed by atoms with Gasteiger partial charge in [-0.15, -0.1) is 0 Å². The zero-order valence-corrected chi connectivity index (χ0v) is 14.0. The van der Waals surface area contributed by atoms with E-state index in [0.29, 0.717) is 11.3 Å². The first-order valence-corrected chi connectivity index (χ1v) is 9.37. The van der Waals surface area contributed by atoms with Crippen molar-refractivity contribution >= 4 is 14.3 Å². The molecule has 1 rings (SSSR count). The number of carbonyl (C=O) groups excluding carboxylic acids is 1. The third-order valence-electron chi connectivity index (χ3n) is 3.71. The van der Waals surface area contributed by atoms with Crippen LogP contribution in [0, 0.1) is 6.92 Å². The molecule has 19 heavy (non-hydrogen) atoms. The fourth-order valence-corrected chi connectivity index (χ4v) is 2.46. The Morgan fingerprint density at radius 1 is 1.21 bits per heavy atom. The van der Waals surface area contributed by atoms with Crippen molar-refractivity contribution in [1.29, 1.82) is 0 Å². The highest BCUT2D eigenvalue weighted by atomic mass is 28.4. The second-order valence-corrected chi connectivity index (χ2v) is 11.1. The van der Waals surface area contributed by atoms with Crippen molar-refractivity contribution in [2.24, 2.45) is 0 Å². The van der Waals surface area contributed by atoms with Crippen molar-refractivity contribution in [3.63, 3.8) is 0 Å². The normalized spacial score (nSPS) is 12.2. The number of hydrogen-bond donors (Lipinski definition) is 0. The van der Waals surface area contributed by atoms with Gasteiger partial charge in [-0.3, -0.25) is 0 Å². The molecule has 0 saturated heterocycles. The van der Waals surface area contributed by atoms with E-state index in [1.54, 1.807) is 0 Å². The van der Waals surface area contributed by atoms with Crippen LogP contribution < -0.4 is 4.43 Å². The summed E-state index contributed by atoms with van der Waals surface area (Å²) in [6, 6.07) is 5.63. The van der Waals surface area contributed by atoms with E-state index >= 15 is 0 Å². The van der Waals surface area contributed by atoms with Crippen LogP contribution in [0.15, 0.2) is 18.2 Å². The zero-order valence-electron chi connectivity index (χ0n) is 13.0. The molecule has 1 aromatic rings. The summed E-state index contributed by atoms with van der Waals surface area (Å²) in [7, 11) is -0.571. The van der Waals surface area contributed by atoms with Crippen molar-refractivity contribution in [3.05, 3.63) is 29.3 Å². The Morgan fingerprint density at radius 2 is 1.79 bits per heavy atom. The topological polar surface area (TPSA) is 35.5 Å². The molecule has 0 radical (unpaired) electrons. The van der Waals surface area contributed by atoms with Gasteiger partial charge in [0.2, 0.25) is 0 Å². The Hall–Kier alpha value is -1.29. The van der Waals surface area contributed by atoms with Gasteiger partial charge in [-0.2, -0.15) is 0 Å². The highest BCUT2D eigenvalue weighted by molar-refractivity contribution is 6.74. The molecule has 4 heteroatoms. The number of hydrogen-bond acceptors (Lipinski definition) is 3. The number of carbonyl (C=O) groups is 1. The van der Waals surface area contributed by atoms with Crippen molar-refractivity contribution < 1.29 is 14.0 Å². The maximum absolute atomic E-state index is 11.8. The third-order valence-corrected chi connectivity index (χ3v) is 8.05. The Bertz CT molecular complexity index is 473. The molecule has 0 unspecified atom stereocenters. The molecule has 0 fully saturated rings. The van der Waals surface area contributed by atoms with E-state index in [0.717, 1.165) is 5.56 Å². The first-order valence-electron chi connectivity index (χ1n) is 6.46. The van der Waals surface area contributed by atoms with E-state index in [1.807, 2.05) is 25.1 Å². The van der Waals surface area contributed by atoms with E-state index in [2.05, 4.69) is 33.9 Å². The number of rotatable bonds is 3. The summed E-state index contributed by atoms with van der Waals surface area (Å²) >= 11 is 0. The van der Waals surface area contributed by atoms with Crippen LogP contribution in [0.4, 0.5) is 0 Å². The summed E-state index contributed by atoms with van der Waals surface area (Å²) in [6.07, 6.45) is 0. The standard InChI is InChI=1S/C15H24O3Si/c1-11-8-9-13(12(10-11)14(16)17-5)18-19(6,7)15(2,3)4/h8-10H,1-7H3. The van der Waals surface area contributed by atoms with Crippen LogP contribution in [0.3, 0.4) is 0 Å². The molecule has 3 nitrogen and oxygen atoms in total. The lowest BCUT2D eigenvalue weighted by Crippen LogP contribution is -2.44. The summed E-state index contributed by atoms with van der Waals surface area (Å²) in [4.78, 5) is 11.8. The Labute approximate surface area is 117 Å². The summed E-state index contributed by atoms with van der Waals surface area (Å²) in [5, 5.41) is 0.0886. The predicted molar refractivity (Wildman–Crippen MR) is 80.3 cm³/mol. The van der Waals surface area contributed by atoms with Crippen LogP contribution in [0.25, 0.3) is 0 Å². The second-order valence-electron chi connectivity index (χ2n) is 6.35. The van der Waals surface area contributed by atoms with E-state index in [1.165, 1.54) is 7.11 Å². The van der Waals surface area contributed by atoms with Crippen molar-refractivity contribution in [2.75, 3.05) is 7.11 Å². The maximum atomic E-state index is 11.8. The van der Waals surface area contributed by atoms with Crippen molar-refractivity contribution in [2.45, 2.75) is 45.8 Å². The third kappa shape index (κ3) is 3.59. The smallest absolute Gasteiger partial charge is 0.341 e. The lowest BCUT2D eigenvalue weighted by molar-refractivity contribution is 0.0598. The van der Waals surface area contributed by atoms with Crippen LogP contribution in [0.1, 0.15) is 36.7 Å². The Balaban J connectivity index is 3.18. The molecule has 0 aliphatic heterocycles. The quantitative estimate of drug-likeness (QED) is 0.616. The predicted octanol–water partition coefficient (Wildman–Crippen LogP) is 4.17. The number of methoxy groups -OCH3 is 1. The largest absolute Gasteiger partial charge is 0.543 e. The molecule has 106 valence electrons. The highest BCUT2D eigenvalue weighted by Gasteiger charge is 2.39.